The van der Waals surface area contributed by atoms with Gasteiger partial charge in [0.1, 0.15) is 19.3 Å². The molecule has 314 valence electrons. The number of carbonyl (C=O) groups excluding carboxylic acids is 2. The van der Waals surface area contributed by atoms with Crippen LogP contribution in [0.2, 0.25) is 0 Å². The fourth-order valence-electron chi connectivity index (χ4n) is 6.32. The summed E-state index contributed by atoms with van der Waals surface area (Å²) in [5.74, 6) is 0.249. The average molecular weight is 759 g/mol. The lowest BCUT2D eigenvalue weighted by atomic mass is 9.99. The lowest BCUT2D eigenvalue weighted by molar-refractivity contribution is -0.152. The molecule has 0 aromatic heterocycles. The van der Waals surface area contributed by atoms with E-state index in [1.807, 2.05) is 30.4 Å². The van der Waals surface area contributed by atoms with Gasteiger partial charge < -0.3 is 19.7 Å². The minimum absolute atomic E-state index is 0.147. The monoisotopic (exact) mass is 759 g/mol. The van der Waals surface area contributed by atoms with E-state index in [9.17, 15) is 19.8 Å². The summed E-state index contributed by atoms with van der Waals surface area (Å²) in [5.41, 5.74) is 0. The van der Waals surface area contributed by atoms with Gasteiger partial charge in [-0.1, -0.05) is 204 Å². The number of rotatable bonds is 40. The van der Waals surface area contributed by atoms with E-state index in [1.54, 1.807) is 6.08 Å². The van der Waals surface area contributed by atoms with Crippen LogP contribution >= 0.6 is 0 Å². The molecule has 0 aromatic rings. The molecule has 0 aliphatic heterocycles. The number of allylic oxidation sites excluding steroid dienone is 6. The second-order valence-electron chi connectivity index (χ2n) is 15.6. The first-order valence-electron chi connectivity index (χ1n) is 22.7. The summed E-state index contributed by atoms with van der Waals surface area (Å²) in [7, 11) is 0. The quantitative estimate of drug-likeness (QED) is 0.0280. The first-order valence-corrected chi connectivity index (χ1v) is 22.7. The third kappa shape index (κ3) is 41.0. The second-order valence-corrected chi connectivity index (χ2v) is 15.6. The molecule has 0 spiro atoms. The van der Waals surface area contributed by atoms with Crippen LogP contribution in [0.3, 0.4) is 0 Å². The van der Waals surface area contributed by atoms with E-state index in [0.29, 0.717) is 19.3 Å². The molecule has 0 rings (SSSR count). The van der Waals surface area contributed by atoms with Crippen molar-refractivity contribution in [3.63, 3.8) is 0 Å². The molecule has 3 atom stereocenters. The van der Waals surface area contributed by atoms with Gasteiger partial charge >= 0.3 is 11.9 Å². The van der Waals surface area contributed by atoms with Crippen LogP contribution in [0.25, 0.3) is 0 Å². The van der Waals surface area contributed by atoms with Crippen LogP contribution < -0.4 is 0 Å². The molecule has 0 heterocycles. The molecule has 0 fully saturated rings. The molecule has 2 N–H and O–H groups in total. The van der Waals surface area contributed by atoms with Gasteiger partial charge in [0.25, 0.3) is 0 Å². The Hall–Kier alpha value is -2.18. The minimum Gasteiger partial charge on any atom is -0.463 e. The SMILES string of the molecule is CCCCC/C=C\C[C@@H](O)/C=C/C=C\C/C=C\CCCC(=O)OC[C@@H](O)COC(=O)CCCCCCCCCCCCCCCCCCCCC(C)CC. The largest absolute Gasteiger partial charge is 0.463 e. The molecule has 0 saturated carbocycles. The fraction of sp³-hybridized carbons (Fsp3) is 0.792. The van der Waals surface area contributed by atoms with Crippen LogP contribution in [0.1, 0.15) is 213 Å². The first kappa shape index (κ1) is 51.8. The third-order valence-electron chi connectivity index (χ3n) is 10.2. The van der Waals surface area contributed by atoms with Crippen molar-refractivity contribution in [2.24, 2.45) is 5.92 Å². The predicted molar refractivity (Wildman–Crippen MR) is 230 cm³/mol. The molecule has 6 heteroatoms. The summed E-state index contributed by atoms with van der Waals surface area (Å²) in [6, 6.07) is 0. The van der Waals surface area contributed by atoms with Crippen LogP contribution in [-0.2, 0) is 19.1 Å². The number of hydrogen-bond acceptors (Lipinski definition) is 6. The first-order chi connectivity index (χ1) is 26.4. The van der Waals surface area contributed by atoms with Crippen molar-refractivity contribution in [3.8, 4) is 0 Å². The van der Waals surface area contributed by atoms with Gasteiger partial charge in [-0.05, 0) is 50.9 Å². The Labute approximate surface area is 333 Å². The topological polar surface area (TPSA) is 93.1 Å². The zero-order valence-electron chi connectivity index (χ0n) is 35.5. The van der Waals surface area contributed by atoms with E-state index < -0.39 is 12.2 Å². The van der Waals surface area contributed by atoms with E-state index >= 15 is 0 Å². The van der Waals surface area contributed by atoms with Crippen molar-refractivity contribution < 1.29 is 29.3 Å². The highest BCUT2D eigenvalue weighted by Crippen LogP contribution is 2.17. The number of esters is 2. The average Bonchev–Trinajstić information content (AvgIpc) is 3.17. The van der Waals surface area contributed by atoms with Crippen molar-refractivity contribution in [3.05, 3.63) is 48.6 Å². The van der Waals surface area contributed by atoms with Crippen LogP contribution in [0.5, 0.6) is 0 Å². The van der Waals surface area contributed by atoms with Crippen LogP contribution in [0.15, 0.2) is 48.6 Å². The van der Waals surface area contributed by atoms with Gasteiger partial charge in [0.2, 0.25) is 0 Å². The second kappa shape index (κ2) is 42.0. The fourth-order valence-corrected chi connectivity index (χ4v) is 6.32. The van der Waals surface area contributed by atoms with Crippen LogP contribution in [0.4, 0.5) is 0 Å². The number of aliphatic hydroxyl groups excluding tert-OH is 2. The summed E-state index contributed by atoms with van der Waals surface area (Å²) in [6.45, 7) is 6.57. The molecule has 0 aliphatic carbocycles. The smallest absolute Gasteiger partial charge is 0.305 e. The van der Waals surface area contributed by atoms with Gasteiger partial charge in [-0.2, -0.15) is 0 Å². The number of ether oxygens (including phenoxy) is 2. The third-order valence-corrected chi connectivity index (χ3v) is 10.2. The lowest BCUT2D eigenvalue weighted by Gasteiger charge is -2.12. The molecule has 54 heavy (non-hydrogen) atoms. The van der Waals surface area contributed by atoms with Gasteiger partial charge in [-0.3, -0.25) is 9.59 Å². The lowest BCUT2D eigenvalue weighted by Crippen LogP contribution is -2.25. The Kier molecular flexibility index (Phi) is 40.3. The van der Waals surface area contributed by atoms with Crippen molar-refractivity contribution in [1.82, 2.24) is 0 Å². The molecule has 0 bridgehead atoms. The van der Waals surface area contributed by atoms with E-state index in [0.717, 1.165) is 44.4 Å². The highest BCUT2D eigenvalue weighted by molar-refractivity contribution is 5.69. The van der Waals surface area contributed by atoms with Crippen molar-refractivity contribution in [1.29, 1.82) is 0 Å². The maximum atomic E-state index is 12.0. The van der Waals surface area contributed by atoms with Gasteiger partial charge in [0.15, 0.2) is 0 Å². The Balaban J connectivity index is 3.52. The van der Waals surface area contributed by atoms with Crippen LogP contribution in [0, 0.1) is 5.92 Å². The van der Waals surface area contributed by atoms with Crippen molar-refractivity contribution in [2.45, 2.75) is 226 Å². The highest BCUT2D eigenvalue weighted by atomic mass is 16.6. The number of unbranched alkanes of at least 4 members (excludes halogenated alkanes) is 21. The van der Waals surface area contributed by atoms with Gasteiger partial charge in [-0.25, -0.2) is 0 Å². The summed E-state index contributed by atoms with van der Waals surface area (Å²) < 4.78 is 10.3. The van der Waals surface area contributed by atoms with Gasteiger partial charge in [0.05, 0.1) is 6.10 Å². The molecule has 6 nitrogen and oxygen atoms in total. The summed E-state index contributed by atoms with van der Waals surface area (Å²) >= 11 is 0. The predicted octanol–water partition coefficient (Wildman–Crippen LogP) is 13.4. The Bertz CT molecular complexity index is 937. The summed E-state index contributed by atoms with van der Waals surface area (Å²) in [4.78, 5) is 24.0. The number of aliphatic hydroxyl groups is 2. The maximum Gasteiger partial charge on any atom is 0.305 e. The van der Waals surface area contributed by atoms with Gasteiger partial charge in [0, 0.05) is 12.8 Å². The van der Waals surface area contributed by atoms with Crippen LogP contribution in [-0.4, -0.2) is 47.6 Å². The minimum atomic E-state index is -1.00. The summed E-state index contributed by atoms with van der Waals surface area (Å²) in [6.07, 6.45) is 49.2. The zero-order chi connectivity index (χ0) is 39.6. The molecule has 0 aliphatic rings. The Morgan fingerprint density at radius 3 is 1.56 bits per heavy atom. The van der Waals surface area contributed by atoms with E-state index in [1.165, 1.54) is 128 Å². The van der Waals surface area contributed by atoms with E-state index in [2.05, 4.69) is 32.9 Å². The standard InChI is InChI=1S/C48H86O6/c1-4-6-7-8-28-33-38-45(49)39-34-29-24-21-22-26-31-36-41-48(52)54-43-46(50)42-53-47(51)40-35-30-25-20-18-16-14-12-10-9-11-13-15-17-19-23-27-32-37-44(3)5-2/h22,24,26,28-29,33-34,39,44-46,49-50H,4-21,23,25,27,30-32,35-38,40-43H2,1-3H3/b26-22-,29-24-,33-28-,39-34+/t44?,45-,46+/m1/s1. The Morgan fingerprint density at radius 1 is 0.537 bits per heavy atom. The highest BCUT2D eigenvalue weighted by Gasteiger charge is 2.12. The maximum absolute atomic E-state index is 12.0. The van der Waals surface area contributed by atoms with Crippen molar-refractivity contribution >= 4 is 11.9 Å². The normalized spacial score (nSPS) is 13.8. The summed E-state index contributed by atoms with van der Waals surface area (Å²) in [5, 5.41) is 20.0. The molecule has 0 saturated heterocycles. The molecular weight excluding hydrogens is 673 g/mol. The van der Waals surface area contributed by atoms with Gasteiger partial charge in [-0.15, -0.1) is 0 Å². The molecule has 0 aromatic carbocycles. The van der Waals surface area contributed by atoms with E-state index in [-0.39, 0.29) is 31.6 Å². The Morgan fingerprint density at radius 2 is 1.02 bits per heavy atom. The molecule has 0 radical (unpaired) electrons. The molecule has 0 amide bonds. The van der Waals surface area contributed by atoms with E-state index in [4.69, 9.17) is 9.47 Å². The molecule has 1 unspecified atom stereocenters. The number of carbonyl (C=O) groups is 2. The molecular formula is C48H86O6. The zero-order valence-corrected chi connectivity index (χ0v) is 35.5. The number of hydrogen-bond donors (Lipinski definition) is 2. The van der Waals surface area contributed by atoms with Crippen molar-refractivity contribution in [2.75, 3.05) is 13.2 Å².